The van der Waals surface area contributed by atoms with E-state index in [2.05, 4.69) is 4.72 Å². The summed E-state index contributed by atoms with van der Waals surface area (Å²) in [6.45, 7) is 0. The minimum absolute atomic E-state index is 0.136. The number of aryl methyl sites for hydroxylation is 1. The van der Waals surface area contributed by atoms with Gasteiger partial charge in [0.2, 0.25) is 0 Å². The van der Waals surface area contributed by atoms with Crippen LogP contribution in [0.4, 0.5) is 5.69 Å². The zero-order chi connectivity index (χ0) is 23.9. The van der Waals surface area contributed by atoms with Crippen LogP contribution in [0.1, 0.15) is 17.5 Å². The summed E-state index contributed by atoms with van der Waals surface area (Å²) in [5.74, 6) is 0.136. The van der Waals surface area contributed by atoms with Gasteiger partial charge >= 0.3 is 0 Å². The number of hydrogen-bond acceptors (Lipinski definition) is 2. The van der Waals surface area contributed by atoms with Crippen LogP contribution < -0.4 is 4.72 Å². The number of nitrogens with one attached hydrogen (secondary N) is 1. The number of carbonyl (C=O) groups is 1. The monoisotopic (exact) mass is 507 g/mol. The van der Waals surface area contributed by atoms with Crippen LogP contribution in [0.2, 0.25) is 10.0 Å². The number of anilines is 1. The molecular formula is C28H23Cl2NO2S. The van der Waals surface area contributed by atoms with Crippen LogP contribution in [0.15, 0.2) is 102 Å². The molecule has 0 aromatic heterocycles. The highest BCUT2D eigenvalue weighted by molar-refractivity contribution is 7.86. The number of Topliss-reactive ketones (excluding diaryl/α,β-unsaturated/α-hetero) is 1. The quantitative estimate of drug-likeness (QED) is 0.254. The van der Waals surface area contributed by atoms with Crippen LogP contribution in [0.25, 0.3) is 11.1 Å². The number of rotatable bonds is 9. The summed E-state index contributed by atoms with van der Waals surface area (Å²) in [5.41, 5.74) is 4.53. The molecule has 1 atom stereocenters. The van der Waals surface area contributed by atoms with Gasteiger partial charge in [0.15, 0.2) is 11.0 Å². The van der Waals surface area contributed by atoms with Crippen molar-refractivity contribution in [3.05, 3.63) is 118 Å². The van der Waals surface area contributed by atoms with E-state index < -0.39 is 11.0 Å². The van der Waals surface area contributed by atoms with E-state index in [-0.39, 0.29) is 5.78 Å². The van der Waals surface area contributed by atoms with Crippen LogP contribution in [0.3, 0.4) is 0 Å². The van der Waals surface area contributed by atoms with E-state index in [4.69, 9.17) is 23.2 Å². The van der Waals surface area contributed by atoms with Gasteiger partial charge in [-0.15, -0.1) is 0 Å². The molecule has 4 aromatic carbocycles. The zero-order valence-electron chi connectivity index (χ0n) is 18.3. The van der Waals surface area contributed by atoms with Crippen molar-refractivity contribution in [1.82, 2.24) is 0 Å². The van der Waals surface area contributed by atoms with Crippen molar-refractivity contribution in [2.75, 3.05) is 4.72 Å². The fourth-order valence-corrected chi connectivity index (χ4v) is 5.31. The normalized spacial score (nSPS) is 11.7. The summed E-state index contributed by atoms with van der Waals surface area (Å²) >= 11 is 12.1. The third kappa shape index (κ3) is 6.57. The summed E-state index contributed by atoms with van der Waals surface area (Å²) < 4.78 is 16.1. The average Bonchev–Trinajstić information content (AvgIpc) is 2.84. The van der Waals surface area contributed by atoms with Crippen LogP contribution in [-0.4, -0.2) is 9.99 Å². The summed E-state index contributed by atoms with van der Waals surface area (Å²) in [6, 6.07) is 30.4. The SMILES string of the molecule is O=C(CCc1cc(Cl)cc(Cl)c1)Cc1ccc(NS(=O)c2ccccc2-c2ccccc2)cc1. The smallest absolute Gasteiger partial charge is 0.150 e. The van der Waals surface area contributed by atoms with Gasteiger partial charge in [-0.25, -0.2) is 4.21 Å². The minimum Gasteiger partial charge on any atom is -0.301 e. The molecule has 4 rings (SSSR count). The van der Waals surface area contributed by atoms with E-state index in [1.54, 1.807) is 6.07 Å². The molecule has 3 nitrogen and oxygen atoms in total. The Morgan fingerprint density at radius 1 is 0.765 bits per heavy atom. The zero-order valence-corrected chi connectivity index (χ0v) is 20.7. The lowest BCUT2D eigenvalue weighted by molar-refractivity contribution is -0.118. The van der Waals surface area contributed by atoms with E-state index >= 15 is 0 Å². The second kappa shape index (κ2) is 11.5. The molecule has 0 heterocycles. The molecule has 6 heteroatoms. The lowest BCUT2D eigenvalue weighted by Gasteiger charge is -2.11. The third-order valence-electron chi connectivity index (χ3n) is 5.35. The molecule has 0 spiro atoms. The highest BCUT2D eigenvalue weighted by atomic mass is 35.5. The molecule has 0 saturated heterocycles. The predicted octanol–water partition coefficient (Wildman–Crippen LogP) is 7.54. The first kappa shape index (κ1) is 24.2. The molecular weight excluding hydrogens is 485 g/mol. The Kier molecular flexibility index (Phi) is 8.17. The summed E-state index contributed by atoms with van der Waals surface area (Å²) in [4.78, 5) is 13.2. The molecule has 4 aromatic rings. The van der Waals surface area contributed by atoms with Crippen molar-refractivity contribution in [2.45, 2.75) is 24.2 Å². The van der Waals surface area contributed by atoms with Gasteiger partial charge in [-0.3, -0.25) is 4.79 Å². The van der Waals surface area contributed by atoms with Gasteiger partial charge in [-0.2, -0.15) is 0 Å². The molecule has 0 amide bonds. The molecule has 0 aliphatic rings. The highest BCUT2D eigenvalue weighted by Crippen LogP contribution is 2.27. The average molecular weight is 508 g/mol. The first-order valence-electron chi connectivity index (χ1n) is 10.9. The van der Waals surface area contributed by atoms with Gasteiger partial charge in [0.1, 0.15) is 5.78 Å². The molecule has 0 radical (unpaired) electrons. The Morgan fingerprint density at radius 2 is 1.41 bits per heavy atom. The molecule has 0 saturated carbocycles. The predicted molar refractivity (Wildman–Crippen MR) is 142 cm³/mol. The van der Waals surface area contributed by atoms with Gasteiger partial charge in [0.05, 0.1) is 4.90 Å². The van der Waals surface area contributed by atoms with Crippen molar-refractivity contribution in [3.8, 4) is 11.1 Å². The lowest BCUT2D eigenvalue weighted by Crippen LogP contribution is -2.07. The maximum Gasteiger partial charge on any atom is 0.150 e. The molecule has 0 aliphatic heterocycles. The van der Waals surface area contributed by atoms with Crippen LogP contribution in [0, 0.1) is 0 Å². The van der Waals surface area contributed by atoms with E-state index in [0.717, 1.165) is 27.9 Å². The van der Waals surface area contributed by atoms with E-state index in [1.807, 2.05) is 91.0 Å². The molecule has 0 aliphatic carbocycles. The first-order valence-corrected chi connectivity index (χ1v) is 12.8. The first-order chi connectivity index (χ1) is 16.5. The van der Waals surface area contributed by atoms with Crippen molar-refractivity contribution in [1.29, 1.82) is 0 Å². The van der Waals surface area contributed by atoms with Crippen LogP contribution >= 0.6 is 23.2 Å². The van der Waals surface area contributed by atoms with Crippen molar-refractivity contribution in [3.63, 3.8) is 0 Å². The number of hydrogen-bond donors (Lipinski definition) is 1. The Morgan fingerprint density at radius 3 is 2.12 bits per heavy atom. The Bertz CT molecular complexity index is 1290. The maximum absolute atomic E-state index is 13.1. The van der Waals surface area contributed by atoms with Gasteiger partial charge in [0, 0.05) is 28.6 Å². The topological polar surface area (TPSA) is 46.2 Å². The molecule has 1 unspecified atom stereocenters. The lowest BCUT2D eigenvalue weighted by atomic mass is 10.0. The fourth-order valence-electron chi connectivity index (χ4n) is 3.69. The summed E-state index contributed by atoms with van der Waals surface area (Å²) in [6.07, 6.45) is 1.35. The standard InChI is InChI=1S/C28H23Cl2NO2S/c29-23-16-21(17-24(30)19-23)12-15-26(32)18-20-10-13-25(14-11-20)31-34(33)28-9-5-4-8-27(28)22-6-2-1-3-7-22/h1-11,13-14,16-17,19,31H,12,15,18H2. The third-order valence-corrected chi connectivity index (χ3v) is 6.97. The molecule has 172 valence electrons. The second-order valence-electron chi connectivity index (χ2n) is 7.92. The van der Waals surface area contributed by atoms with E-state index in [0.29, 0.717) is 34.2 Å². The Hall–Kier alpha value is -2.92. The molecule has 0 bridgehead atoms. The largest absolute Gasteiger partial charge is 0.301 e. The van der Waals surface area contributed by atoms with E-state index in [9.17, 15) is 9.00 Å². The van der Waals surface area contributed by atoms with Crippen LogP contribution in [0.5, 0.6) is 0 Å². The Labute approximate surface area is 212 Å². The number of halogens is 2. The van der Waals surface area contributed by atoms with Crippen molar-refractivity contribution < 1.29 is 9.00 Å². The van der Waals surface area contributed by atoms with E-state index in [1.165, 1.54) is 0 Å². The number of carbonyl (C=O) groups excluding carboxylic acids is 1. The molecule has 34 heavy (non-hydrogen) atoms. The van der Waals surface area contributed by atoms with Gasteiger partial charge in [-0.05, 0) is 65.1 Å². The highest BCUT2D eigenvalue weighted by Gasteiger charge is 2.12. The van der Waals surface area contributed by atoms with Gasteiger partial charge in [-0.1, -0.05) is 83.9 Å². The van der Waals surface area contributed by atoms with Crippen molar-refractivity contribution >= 4 is 45.7 Å². The van der Waals surface area contributed by atoms with Crippen LogP contribution in [-0.2, 0) is 28.6 Å². The molecule has 0 fully saturated rings. The summed E-state index contributed by atoms with van der Waals surface area (Å²) in [7, 11) is -1.43. The van der Waals surface area contributed by atoms with Crippen molar-refractivity contribution in [2.24, 2.45) is 0 Å². The minimum atomic E-state index is -1.43. The van der Waals surface area contributed by atoms with Gasteiger partial charge < -0.3 is 4.72 Å². The fraction of sp³-hybridized carbons (Fsp3) is 0.107. The maximum atomic E-state index is 13.1. The molecule has 1 N–H and O–H groups in total. The summed E-state index contributed by atoms with van der Waals surface area (Å²) in [5, 5.41) is 1.14. The number of ketones is 1. The Balaban J connectivity index is 1.36. The number of benzene rings is 4. The second-order valence-corrected chi connectivity index (χ2v) is 9.98. The van der Waals surface area contributed by atoms with Gasteiger partial charge in [0.25, 0.3) is 0 Å².